The molecule has 0 spiro atoms. The summed E-state index contributed by atoms with van der Waals surface area (Å²) in [6, 6.07) is 22.1. The van der Waals surface area contributed by atoms with E-state index in [4.69, 9.17) is 4.98 Å². The van der Waals surface area contributed by atoms with Gasteiger partial charge in [-0.25, -0.2) is 13.2 Å². The number of hydrogen-bond donors (Lipinski definition) is 1. The van der Waals surface area contributed by atoms with Crippen molar-refractivity contribution >= 4 is 16.0 Å². The first-order chi connectivity index (χ1) is 15.9. The average Bonchev–Trinajstić information content (AvgIpc) is 3.31. The molecule has 2 aromatic carbocycles. The van der Waals surface area contributed by atoms with E-state index in [0.717, 1.165) is 24.8 Å². The van der Waals surface area contributed by atoms with E-state index in [2.05, 4.69) is 12.1 Å². The molecule has 1 N–H and O–H groups in total. The summed E-state index contributed by atoms with van der Waals surface area (Å²) in [5.74, 6) is -1.06. The maximum Gasteiger partial charge on any atom is 0.337 e. The molecular formula is C26H28N2O4S. The maximum atomic E-state index is 13.2. The molecule has 1 unspecified atom stereocenters. The molecule has 0 saturated carbocycles. The molecule has 6 nitrogen and oxygen atoms in total. The van der Waals surface area contributed by atoms with Crippen LogP contribution in [0.15, 0.2) is 72.8 Å². The molecule has 3 aromatic rings. The van der Waals surface area contributed by atoms with E-state index in [1.165, 1.54) is 9.87 Å². The Bertz CT molecular complexity index is 1200. The Kier molecular flexibility index (Phi) is 7.20. The quantitative estimate of drug-likeness (QED) is 0.499. The second-order valence-corrected chi connectivity index (χ2v) is 10.3. The number of aryl methyl sites for hydroxylation is 2. The van der Waals surface area contributed by atoms with Crippen LogP contribution in [0.3, 0.4) is 0 Å². The zero-order chi connectivity index (χ0) is 23.3. The normalized spacial score (nSPS) is 16.7. The molecule has 0 amide bonds. The van der Waals surface area contributed by atoms with Gasteiger partial charge in [0.15, 0.2) is 0 Å². The summed E-state index contributed by atoms with van der Waals surface area (Å²) in [6.07, 6.45) is 3.55. The van der Waals surface area contributed by atoms with Gasteiger partial charge >= 0.3 is 5.97 Å². The number of hydrogen-bond acceptors (Lipinski definition) is 4. The highest BCUT2D eigenvalue weighted by Gasteiger charge is 2.36. The van der Waals surface area contributed by atoms with Gasteiger partial charge < -0.3 is 5.11 Å². The number of rotatable bonds is 9. The van der Waals surface area contributed by atoms with Crippen molar-refractivity contribution in [2.75, 3.05) is 6.54 Å². The van der Waals surface area contributed by atoms with Crippen molar-refractivity contribution in [3.05, 3.63) is 101 Å². The summed E-state index contributed by atoms with van der Waals surface area (Å²) in [6.45, 7) is 0.450. The highest BCUT2D eigenvalue weighted by atomic mass is 32.2. The summed E-state index contributed by atoms with van der Waals surface area (Å²) >= 11 is 0. The van der Waals surface area contributed by atoms with E-state index in [0.29, 0.717) is 30.8 Å². The highest BCUT2D eigenvalue weighted by Crippen LogP contribution is 2.35. The summed E-state index contributed by atoms with van der Waals surface area (Å²) < 4.78 is 27.9. The molecule has 1 fully saturated rings. The zero-order valence-corrected chi connectivity index (χ0v) is 19.2. The smallest absolute Gasteiger partial charge is 0.337 e. The number of aromatic carboxylic acids is 1. The molecule has 33 heavy (non-hydrogen) atoms. The Morgan fingerprint density at radius 1 is 0.939 bits per heavy atom. The number of carbonyl (C=O) groups is 1. The fraction of sp³-hybridized carbons (Fsp3) is 0.308. The number of carboxylic acids is 1. The SMILES string of the molecule is O=C(O)c1ccc(C2CCCN2S(=O)(=O)Cc2ccccc2)nc1CCCc1ccccc1. The van der Waals surface area contributed by atoms with Crippen LogP contribution in [-0.2, 0) is 28.6 Å². The van der Waals surface area contributed by atoms with Crippen molar-refractivity contribution in [1.29, 1.82) is 0 Å². The van der Waals surface area contributed by atoms with Crippen molar-refractivity contribution in [2.24, 2.45) is 0 Å². The van der Waals surface area contributed by atoms with Crippen LogP contribution in [0.25, 0.3) is 0 Å². The predicted octanol–water partition coefficient (Wildman–Crippen LogP) is 4.62. The van der Waals surface area contributed by atoms with Crippen LogP contribution < -0.4 is 0 Å². The topological polar surface area (TPSA) is 87.6 Å². The maximum absolute atomic E-state index is 13.2. The Labute approximate surface area is 195 Å². The Morgan fingerprint density at radius 2 is 1.61 bits per heavy atom. The molecule has 1 atom stereocenters. The molecule has 1 aliphatic heterocycles. The molecule has 1 aromatic heterocycles. The summed E-state index contributed by atoms with van der Waals surface area (Å²) in [5.41, 5.74) is 3.27. The first-order valence-electron chi connectivity index (χ1n) is 11.2. The lowest BCUT2D eigenvalue weighted by Gasteiger charge is -2.24. The van der Waals surface area contributed by atoms with Gasteiger partial charge in [0.25, 0.3) is 0 Å². The van der Waals surface area contributed by atoms with Crippen molar-refractivity contribution in [2.45, 2.75) is 43.9 Å². The summed E-state index contributed by atoms with van der Waals surface area (Å²) in [7, 11) is -3.53. The first-order valence-corrected chi connectivity index (χ1v) is 12.9. The standard InChI is InChI=1S/C26H28N2O4S/c29-26(30)22-16-17-24(27-23(22)14-7-13-20-9-3-1-4-10-20)25-15-8-18-28(25)33(31,32)19-21-11-5-2-6-12-21/h1-6,9-12,16-17,25H,7-8,13-15,18-19H2,(H,29,30). The van der Waals surface area contributed by atoms with Crippen LogP contribution in [0.5, 0.6) is 0 Å². The van der Waals surface area contributed by atoms with Crippen molar-refractivity contribution in [3.63, 3.8) is 0 Å². The second kappa shape index (κ2) is 10.3. The third-order valence-corrected chi connectivity index (χ3v) is 7.89. The molecular weight excluding hydrogens is 436 g/mol. The van der Waals surface area contributed by atoms with Gasteiger partial charge in [0.05, 0.1) is 28.7 Å². The minimum atomic E-state index is -3.53. The summed E-state index contributed by atoms with van der Waals surface area (Å²) in [5, 5.41) is 9.64. The van der Waals surface area contributed by atoms with Crippen LogP contribution in [0.4, 0.5) is 0 Å². The van der Waals surface area contributed by atoms with Crippen LogP contribution >= 0.6 is 0 Å². The Hall–Kier alpha value is -3.03. The van der Waals surface area contributed by atoms with Crippen LogP contribution in [0.1, 0.15) is 58.2 Å². The molecule has 7 heteroatoms. The molecule has 4 rings (SSSR count). The van der Waals surface area contributed by atoms with E-state index >= 15 is 0 Å². The molecule has 0 radical (unpaired) electrons. The number of carboxylic acid groups (broad SMARTS) is 1. The van der Waals surface area contributed by atoms with Gasteiger partial charge in [-0.1, -0.05) is 60.7 Å². The molecule has 1 aliphatic rings. The second-order valence-electron chi connectivity index (χ2n) is 8.39. The summed E-state index contributed by atoms with van der Waals surface area (Å²) in [4.78, 5) is 16.5. The number of pyridine rings is 1. The molecule has 0 bridgehead atoms. The fourth-order valence-corrected chi connectivity index (χ4v) is 6.22. The van der Waals surface area contributed by atoms with Gasteiger partial charge in [-0.05, 0) is 55.4 Å². The van der Waals surface area contributed by atoms with Crippen molar-refractivity contribution in [1.82, 2.24) is 9.29 Å². The van der Waals surface area contributed by atoms with E-state index in [9.17, 15) is 18.3 Å². The van der Waals surface area contributed by atoms with Crippen LogP contribution in [-0.4, -0.2) is 35.3 Å². The fourth-order valence-electron chi connectivity index (χ4n) is 4.43. The average molecular weight is 465 g/mol. The van der Waals surface area contributed by atoms with E-state index in [1.807, 2.05) is 48.5 Å². The van der Waals surface area contributed by atoms with Gasteiger partial charge in [0.2, 0.25) is 10.0 Å². The van der Waals surface area contributed by atoms with Gasteiger partial charge in [-0.15, -0.1) is 0 Å². The van der Waals surface area contributed by atoms with E-state index in [-0.39, 0.29) is 17.4 Å². The lowest BCUT2D eigenvalue weighted by molar-refractivity contribution is 0.0695. The third kappa shape index (κ3) is 5.67. The largest absolute Gasteiger partial charge is 0.478 e. The Morgan fingerprint density at radius 3 is 2.27 bits per heavy atom. The third-order valence-electron chi connectivity index (χ3n) is 6.04. The zero-order valence-electron chi connectivity index (χ0n) is 18.4. The molecule has 0 aliphatic carbocycles. The van der Waals surface area contributed by atoms with Gasteiger partial charge in [0, 0.05) is 6.54 Å². The Balaban J connectivity index is 1.54. The van der Waals surface area contributed by atoms with Gasteiger partial charge in [-0.2, -0.15) is 4.31 Å². The minimum Gasteiger partial charge on any atom is -0.478 e. The molecule has 2 heterocycles. The first kappa shape index (κ1) is 23.1. The lowest BCUT2D eigenvalue weighted by atomic mass is 10.0. The van der Waals surface area contributed by atoms with E-state index in [1.54, 1.807) is 12.1 Å². The van der Waals surface area contributed by atoms with Gasteiger partial charge in [0.1, 0.15) is 0 Å². The van der Waals surface area contributed by atoms with Crippen LogP contribution in [0, 0.1) is 0 Å². The monoisotopic (exact) mass is 464 g/mol. The predicted molar refractivity (Wildman–Crippen MR) is 127 cm³/mol. The number of sulfonamides is 1. The van der Waals surface area contributed by atoms with Crippen molar-refractivity contribution < 1.29 is 18.3 Å². The molecule has 172 valence electrons. The number of benzene rings is 2. The minimum absolute atomic E-state index is 0.0541. The molecule has 1 saturated heterocycles. The van der Waals surface area contributed by atoms with Gasteiger partial charge in [-0.3, -0.25) is 4.98 Å². The lowest BCUT2D eigenvalue weighted by Crippen LogP contribution is -2.32. The number of aromatic nitrogens is 1. The number of nitrogens with zero attached hydrogens (tertiary/aromatic N) is 2. The highest BCUT2D eigenvalue weighted by molar-refractivity contribution is 7.88. The van der Waals surface area contributed by atoms with E-state index < -0.39 is 16.0 Å². The van der Waals surface area contributed by atoms with Crippen molar-refractivity contribution in [3.8, 4) is 0 Å². The van der Waals surface area contributed by atoms with Crippen LogP contribution in [0.2, 0.25) is 0 Å².